The molecule has 2 aromatic heterocycles. The first-order valence-electron chi connectivity index (χ1n) is 11.2. The van der Waals surface area contributed by atoms with Gasteiger partial charge in [-0.2, -0.15) is 5.10 Å². The summed E-state index contributed by atoms with van der Waals surface area (Å²) in [7, 11) is 0. The summed E-state index contributed by atoms with van der Waals surface area (Å²) in [5.41, 5.74) is 16.9. The molecule has 4 aromatic rings. The van der Waals surface area contributed by atoms with Crippen LogP contribution in [0, 0.1) is 6.92 Å². The van der Waals surface area contributed by atoms with Crippen LogP contribution in [0.5, 0.6) is 0 Å². The Morgan fingerprint density at radius 2 is 1.91 bits per heavy atom. The van der Waals surface area contributed by atoms with Gasteiger partial charge in [0.1, 0.15) is 5.82 Å². The van der Waals surface area contributed by atoms with E-state index in [0.29, 0.717) is 47.3 Å². The minimum absolute atomic E-state index is 0.0431. The standard InChI is InChI=1S/C24H26N8O2S/c1-14-10-19(31-30-14)18-11-15(25)12-20-22(18)23(26)29-24(28-20)35-17-4-2-16(3-5-17)27-21(33)13-32-6-8-34-9-7-32/h2-5,10-12H,6-9,13,25H2,1H3,(H,27,33)(H,30,31)(H2,26,28,29). The third-order valence-corrected chi connectivity index (χ3v) is 6.50. The van der Waals surface area contributed by atoms with E-state index >= 15 is 0 Å². The Bertz CT molecular complexity index is 1370. The van der Waals surface area contributed by atoms with Crippen molar-refractivity contribution in [2.24, 2.45) is 0 Å². The van der Waals surface area contributed by atoms with E-state index in [1.165, 1.54) is 11.8 Å². The normalized spacial score (nSPS) is 14.3. The molecule has 1 fully saturated rings. The molecule has 0 atom stereocenters. The molecule has 2 aromatic carbocycles. The largest absolute Gasteiger partial charge is 0.399 e. The lowest BCUT2D eigenvalue weighted by Crippen LogP contribution is -2.41. The second-order valence-corrected chi connectivity index (χ2v) is 9.39. The number of nitrogens with zero attached hydrogens (tertiary/aromatic N) is 4. The predicted molar refractivity (Wildman–Crippen MR) is 137 cm³/mol. The summed E-state index contributed by atoms with van der Waals surface area (Å²) in [6.07, 6.45) is 0. The molecular formula is C24H26N8O2S. The molecule has 3 heterocycles. The smallest absolute Gasteiger partial charge is 0.238 e. The van der Waals surface area contributed by atoms with E-state index in [9.17, 15) is 4.79 Å². The number of ether oxygens (including phenoxy) is 1. The average Bonchev–Trinajstić information content (AvgIpc) is 3.26. The van der Waals surface area contributed by atoms with Crippen molar-refractivity contribution < 1.29 is 9.53 Å². The summed E-state index contributed by atoms with van der Waals surface area (Å²) < 4.78 is 5.32. The lowest BCUT2D eigenvalue weighted by Gasteiger charge is -2.25. The molecule has 5 rings (SSSR count). The first-order valence-corrected chi connectivity index (χ1v) is 12.0. The van der Waals surface area contributed by atoms with Crippen molar-refractivity contribution in [3.63, 3.8) is 0 Å². The zero-order valence-electron chi connectivity index (χ0n) is 19.2. The number of hydrogen-bond acceptors (Lipinski definition) is 9. The number of aromatic amines is 1. The summed E-state index contributed by atoms with van der Waals surface area (Å²) >= 11 is 1.38. The number of aromatic nitrogens is 4. The highest BCUT2D eigenvalue weighted by Gasteiger charge is 2.16. The zero-order valence-corrected chi connectivity index (χ0v) is 20.1. The second-order valence-electron chi connectivity index (χ2n) is 8.35. The molecule has 0 bridgehead atoms. The molecule has 1 saturated heterocycles. The van der Waals surface area contributed by atoms with E-state index in [1.807, 2.05) is 43.3 Å². The van der Waals surface area contributed by atoms with Gasteiger partial charge in [0.15, 0.2) is 5.16 Å². The average molecular weight is 491 g/mol. The lowest BCUT2D eigenvalue weighted by atomic mass is 10.0. The van der Waals surface area contributed by atoms with Crippen molar-refractivity contribution in [3.8, 4) is 11.3 Å². The second kappa shape index (κ2) is 9.90. The molecule has 0 aliphatic carbocycles. The number of aryl methyl sites for hydroxylation is 1. The minimum atomic E-state index is -0.0431. The maximum absolute atomic E-state index is 12.3. The molecule has 1 aliphatic rings. The Hall–Kier alpha value is -3.67. The first-order chi connectivity index (χ1) is 16.9. The highest BCUT2D eigenvalue weighted by atomic mass is 32.2. The number of carbonyl (C=O) groups excluding carboxylic acids is 1. The summed E-state index contributed by atoms with van der Waals surface area (Å²) in [6, 6.07) is 13.1. The van der Waals surface area contributed by atoms with Crippen molar-refractivity contribution >= 4 is 45.8 Å². The van der Waals surface area contributed by atoms with Gasteiger partial charge in [-0.25, -0.2) is 9.97 Å². The van der Waals surface area contributed by atoms with Crippen molar-refractivity contribution in [1.29, 1.82) is 0 Å². The highest BCUT2D eigenvalue weighted by molar-refractivity contribution is 7.99. The molecule has 1 amide bonds. The maximum atomic E-state index is 12.3. The van der Waals surface area contributed by atoms with Crippen LogP contribution in [0.15, 0.2) is 52.5 Å². The molecule has 180 valence electrons. The lowest BCUT2D eigenvalue weighted by molar-refractivity contribution is -0.118. The van der Waals surface area contributed by atoms with E-state index in [0.717, 1.165) is 40.6 Å². The van der Waals surface area contributed by atoms with Gasteiger partial charge in [0.05, 0.1) is 36.4 Å². The van der Waals surface area contributed by atoms with E-state index in [-0.39, 0.29) is 5.91 Å². The number of nitrogens with two attached hydrogens (primary N) is 2. The highest BCUT2D eigenvalue weighted by Crippen LogP contribution is 2.35. The van der Waals surface area contributed by atoms with Gasteiger partial charge < -0.3 is 21.5 Å². The topological polar surface area (TPSA) is 148 Å². The fourth-order valence-corrected chi connectivity index (χ4v) is 4.74. The maximum Gasteiger partial charge on any atom is 0.238 e. The molecule has 0 saturated carbocycles. The van der Waals surface area contributed by atoms with Crippen LogP contribution >= 0.6 is 11.8 Å². The van der Waals surface area contributed by atoms with Crippen molar-refractivity contribution in [2.45, 2.75) is 17.0 Å². The summed E-state index contributed by atoms with van der Waals surface area (Å²) in [5, 5.41) is 11.4. The molecule has 0 radical (unpaired) electrons. The van der Waals surface area contributed by atoms with E-state index < -0.39 is 0 Å². The van der Waals surface area contributed by atoms with Gasteiger partial charge in [-0.15, -0.1) is 0 Å². The number of morpholine rings is 1. The number of amides is 1. The van der Waals surface area contributed by atoms with Gasteiger partial charge >= 0.3 is 0 Å². The van der Waals surface area contributed by atoms with Crippen LogP contribution in [0.3, 0.4) is 0 Å². The minimum Gasteiger partial charge on any atom is -0.399 e. The van der Waals surface area contributed by atoms with Crippen LogP contribution in [0.4, 0.5) is 17.2 Å². The van der Waals surface area contributed by atoms with Crippen LogP contribution < -0.4 is 16.8 Å². The van der Waals surface area contributed by atoms with E-state index in [1.54, 1.807) is 6.07 Å². The van der Waals surface area contributed by atoms with Crippen LogP contribution in [0.2, 0.25) is 0 Å². The van der Waals surface area contributed by atoms with Gasteiger partial charge in [-0.05, 0) is 61.2 Å². The summed E-state index contributed by atoms with van der Waals surface area (Å²) in [4.78, 5) is 24.5. The molecule has 1 aliphatic heterocycles. The predicted octanol–water partition coefficient (Wildman–Crippen LogP) is 2.91. The third kappa shape index (κ3) is 5.37. The fourth-order valence-electron chi connectivity index (χ4n) is 3.97. The quantitative estimate of drug-likeness (QED) is 0.236. The Morgan fingerprint density at radius 1 is 1.14 bits per heavy atom. The Balaban J connectivity index is 1.31. The van der Waals surface area contributed by atoms with Gasteiger partial charge in [0.2, 0.25) is 5.91 Å². The number of fused-ring (bicyclic) bond motifs is 1. The Morgan fingerprint density at radius 3 is 2.63 bits per heavy atom. The van der Waals surface area contributed by atoms with Gasteiger partial charge in [-0.3, -0.25) is 14.8 Å². The number of benzene rings is 2. The number of anilines is 3. The van der Waals surface area contributed by atoms with Crippen LogP contribution in [0.1, 0.15) is 5.69 Å². The third-order valence-electron chi connectivity index (χ3n) is 5.63. The fraction of sp³-hybridized carbons (Fsp3) is 0.250. The number of nitrogens with one attached hydrogen (secondary N) is 2. The monoisotopic (exact) mass is 490 g/mol. The molecule has 10 nitrogen and oxygen atoms in total. The van der Waals surface area contributed by atoms with Gasteiger partial charge in [-0.1, -0.05) is 0 Å². The van der Waals surface area contributed by atoms with Crippen molar-refractivity contribution in [1.82, 2.24) is 25.1 Å². The van der Waals surface area contributed by atoms with Crippen LogP contribution in [-0.2, 0) is 9.53 Å². The number of rotatable bonds is 6. The molecule has 0 spiro atoms. The van der Waals surface area contributed by atoms with Crippen LogP contribution in [0.25, 0.3) is 22.2 Å². The van der Waals surface area contributed by atoms with Gasteiger partial charge in [0, 0.05) is 40.6 Å². The zero-order chi connectivity index (χ0) is 24.4. The van der Waals surface area contributed by atoms with Crippen molar-refractivity contribution in [2.75, 3.05) is 49.6 Å². The molecule has 11 heteroatoms. The van der Waals surface area contributed by atoms with E-state index in [4.69, 9.17) is 16.2 Å². The SMILES string of the molecule is Cc1cc(-c2cc(N)cc3nc(Sc4ccc(NC(=O)CN5CCOCC5)cc4)nc(N)c23)n[nH]1. The Labute approximate surface area is 206 Å². The Kier molecular flexibility index (Phi) is 6.53. The molecule has 35 heavy (non-hydrogen) atoms. The summed E-state index contributed by atoms with van der Waals surface area (Å²) in [6.45, 7) is 5.15. The number of carbonyl (C=O) groups is 1. The van der Waals surface area contributed by atoms with Gasteiger partial charge in [0.25, 0.3) is 0 Å². The van der Waals surface area contributed by atoms with Crippen molar-refractivity contribution in [3.05, 3.63) is 48.2 Å². The number of nitrogen functional groups attached to an aromatic ring is 2. The number of hydrogen-bond donors (Lipinski definition) is 4. The van der Waals surface area contributed by atoms with Crippen LogP contribution in [-0.4, -0.2) is 63.8 Å². The first kappa shape index (κ1) is 23.1. The molecule has 0 unspecified atom stereocenters. The molecule has 6 N–H and O–H groups in total. The molecular weight excluding hydrogens is 464 g/mol. The number of H-pyrrole nitrogens is 1. The summed E-state index contributed by atoms with van der Waals surface area (Å²) in [5.74, 6) is 0.318. The van der Waals surface area contributed by atoms with E-state index in [2.05, 4.69) is 30.4 Å².